The molecule has 1 aliphatic heterocycles. The Bertz CT molecular complexity index is 889. The minimum absolute atomic E-state index is 0.244. The van der Waals surface area contributed by atoms with E-state index in [2.05, 4.69) is 10.3 Å². The minimum Gasteiger partial charge on any atom is -0.364 e. The number of hydrogen-bond acceptors (Lipinski definition) is 3. The van der Waals surface area contributed by atoms with E-state index in [1.807, 2.05) is 0 Å². The fraction of sp³-hybridized carbons (Fsp3) is 0.375. The topological polar surface area (TPSA) is 66.9 Å². The smallest absolute Gasteiger partial charge is 0.330 e. The van der Waals surface area contributed by atoms with Gasteiger partial charge in [0.15, 0.2) is 11.6 Å². The van der Waals surface area contributed by atoms with Gasteiger partial charge in [0, 0.05) is 0 Å². The fourth-order valence-corrected chi connectivity index (χ4v) is 2.90. The van der Waals surface area contributed by atoms with Gasteiger partial charge in [0.25, 0.3) is 5.56 Å². The van der Waals surface area contributed by atoms with Gasteiger partial charge < -0.3 is 5.32 Å². The van der Waals surface area contributed by atoms with Crippen LogP contribution in [0.4, 0.5) is 19.0 Å². The summed E-state index contributed by atoms with van der Waals surface area (Å²) in [5.74, 6) is -1.65. The predicted octanol–water partition coefficient (Wildman–Crippen LogP) is 2.27. The summed E-state index contributed by atoms with van der Waals surface area (Å²) >= 11 is 0. The molecule has 0 amide bonds. The maximum Gasteiger partial charge on any atom is 0.330 e. The zero-order chi connectivity index (χ0) is 17.4. The second kappa shape index (κ2) is 6.18. The zero-order valence-corrected chi connectivity index (χ0v) is 12.9. The van der Waals surface area contributed by atoms with Crippen molar-refractivity contribution in [3.05, 3.63) is 61.8 Å². The van der Waals surface area contributed by atoms with Crippen LogP contribution in [0.5, 0.6) is 0 Å². The molecule has 2 N–H and O–H groups in total. The Hall–Kier alpha value is -2.51. The van der Waals surface area contributed by atoms with E-state index in [0.717, 1.165) is 16.7 Å². The largest absolute Gasteiger partial charge is 0.364 e. The van der Waals surface area contributed by atoms with Crippen molar-refractivity contribution in [2.45, 2.75) is 38.5 Å². The molecule has 2 atom stereocenters. The van der Waals surface area contributed by atoms with Crippen molar-refractivity contribution in [2.24, 2.45) is 0 Å². The highest BCUT2D eigenvalue weighted by Crippen LogP contribution is 2.29. The monoisotopic (exact) mass is 339 g/mol. The predicted molar refractivity (Wildman–Crippen MR) is 82.9 cm³/mol. The molecule has 24 heavy (non-hydrogen) atoms. The van der Waals surface area contributed by atoms with E-state index < -0.39 is 29.1 Å². The quantitative estimate of drug-likeness (QED) is 0.901. The highest BCUT2D eigenvalue weighted by atomic mass is 19.2. The molecule has 1 aromatic carbocycles. The molecule has 0 saturated carbocycles. The number of aromatic amines is 1. The van der Waals surface area contributed by atoms with Gasteiger partial charge in [0.2, 0.25) is 0 Å². The molecule has 128 valence electrons. The maximum absolute atomic E-state index is 13.4. The van der Waals surface area contributed by atoms with E-state index in [4.69, 9.17) is 0 Å². The fourth-order valence-electron chi connectivity index (χ4n) is 2.90. The molecule has 1 unspecified atom stereocenters. The molecule has 3 rings (SSSR count). The minimum atomic E-state index is -1.33. The van der Waals surface area contributed by atoms with Crippen LogP contribution in [0.15, 0.2) is 27.8 Å². The number of aromatic nitrogens is 2. The highest BCUT2D eigenvalue weighted by Gasteiger charge is 2.25. The third-order valence-electron chi connectivity index (χ3n) is 4.06. The van der Waals surface area contributed by atoms with Crippen LogP contribution >= 0.6 is 0 Å². The first kappa shape index (κ1) is 16.4. The Morgan fingerprint density at radius 2 is 2.04 bits per heavy atom. The van der Waals surface area contributed by atoms with Gasteiger partial charge in [-0.05, 0) is 37.5 Å². The van der Waals surface area contributed by atoms with E-state index >= 15 is 0 Å². The number of H-pyrrole nitrogens is 1. The van der Waals surface area contributed by atoms with E-state index in [9.17, 15) is 22.8 Å². The van der Waals surface area contributed by atoms with Crippen molar-refractivity contribution < 1.29 is 13.2 Å². The molecular weight excluding hydrogens is 323 g/mol. The van der Waals surface area contributed by atoms with Crippen LogP contribution in [0.1, 0.15) is 30.5 Å². The van der Waals surface area contributed by atoms with E-state index in [0.29, 0.717) is 24.0 Å². The summed E-state index contributed by atoms with van der Waals surface area (Å²) in [5, 5.41) is 2.97. The van der Waals surface area contributed by atoms with E-state index in [1.54, 1.807) is 0 Å². The van der Waals surface area contributed by atoms with E-state index in [-0.39, 0.29) is 18.4 Å². The van der Waals surface area contributed by atoms with Crippen molar-refractivity contribution in [1.82, 2.24) is 9.55 Å². The van der Waals surface area contributed by atoms with Crippen molar-refractivity contribution in [3.8, 4) is 0 Å². The van der Waals surface area contributed by atoms with E-state index in [1.165, 1.54) is 13.0 Å². The summed E-state index contributed by atoms with van der Waals surface area (Å²) in [7, 11) is 0. The Morgan fingerprint density at radius 1 is 1.29 bits per heavy atom. The molecule has 0 saturated heterocycles. The molecule has 0 fully saturated rings. The Morgan fingerprint density at radius 3 is 2.71 bits per heavy atom. The third kappa shape index (κ3) is 2.95. The number of benzene rings is 1. The van der Waals surface area contributed by atoms with Gasteiger partial charge in [-0.1, -0.05) is 6.07 Å². The van der Waals surface area contributed by atoms with Crippen LogP contribution < -0.4 is 16.6 Å². The lowest BCUT2D eigenvalue weighted by Gasteiger charge is -2.27. The van der Waals surface area contributed by atoms with Crippen LogP contribution in [0, 0.1) is 11.6 Å². The number of alkyl halides is 1. The molecule has 8 heteroatoms. The third-order valence-corrected chi connectivity index (χ3v) is 4.06. The molecule has 2 heterocycles. The Balaban J connectivity index is 1.95. The van der Waals surface area contributed by atoms with Gasteiger partial charge in [0.05, 0.1) is 18.2 Å². The number of hydrogen-bond donors (Lipinski definition) is 2. The Labute approximate surface area is 135 Å². The second-order valence-electron chi connectivity index (χ2n) is 5.89. The second-order valence-corrected chi connectivity index (χ2v) is 5.89. The number of nitrogens with one attached hydrogen (secondary N) is 2. The molecule has 1 aromatic heterocycles. The van der Waals surface area contributed by atoms with Gasteiger partial charge in [-0.2, -0.15) is 0 Å². The average molecular weight is 339 g/mol. The zero-order valence-electron chi connectivity index (χ0n) is 12.9. The summed E-state index contributed by atoms with van der Waals surface area (Å²) in [6, 6.07) is 3.21. The van der Waals surface area contributed by atoms with Crippen molar-refractivity contribution in [3.63, 3.8) is 0 Å². The lowest BCUT2D eigenvalue weighted by atomic mass is 9.95. The van der Waals surface area contributed by atoms with Crippen LogP contribution in [-0.4, -0.2) is 15.7 Å². The number of fused-ring (bicyclic) bond motifs is 1. The molecule has 0 spiro atoms. The van der Waals surface area contributed by atoms with Crippen LogP contribution in [0.3, 0.4) is 0 Å². The first-order valence-corrected chi connectivity index (χ1v) is 7.58. The summed E-state index contributed by atoms with van der Waals surface area (Å²) in [4.78, 5) is 26.8. The SMILES string of the molecule is CC(F)Cn1c(=O)[nH]c2c(c1=O)CC[C@H](c1ccc(F)c(F)c1)N2. The summed E-state index contributed by atoms with van der Waals surface area (Å²) in [6.07, 6.45) is -0.527. The average Bonchev–Trinajstić information content (AvgIpc) is 2.53. The van der Waals surface area contributed by atoms with Crippen molar-refractivity contribution >= 4 is 5.82 Å². The van der Waals surface area contributed by atoms with Gasteiger partial charge in [-0.25, -0.2) is 18.0 Å². The van der Waals surface area contributed by atoms with Gasteiger partial charge in [0.1, 0.15) is 12.0 Å². The number of nitrogens with zero attached hydrogens (tertiary/aromatic N) is 1. The van der Waals surface area contributed by atoms with Gasteiger partial charge in [-0.3, -0.25) is 14.3 Å². The molecule has 0 aliphatic carbocycles. The lowest BCUT2D eigenvalue weighted by Crippen LogP contribution is -2.41. The van der Waals surface area contributed by atoms with Gasteiger partial charge >= 0.3 is 5.69 Å². The normalized spacial score (nSPS) is 17.9. The molecule has 1 aliphatic rings. The van der Waals surface area contributed by atoms with Crippen molar-refractivity contribution in [2.75, 3.05) is 5.32 Å². The first-order chi connectivity index (χ1) is 11.4. The first-order valence-electron chi connectivity index (χ1n) is 7.58. The molecule has 2 aromatic rings. The van der Waals surface area contributed by atoms with Crippen LogP contribution in [-0.2, 0) is 13.0 Å². The standard InChI is InChI=1S/C16H16F3N3O2/c1-8(17)7-22-15(23)10-3-5-13(20-14(10)21-16(22)24)9-2-4-11(18)12(19)6-9/h2,4,6,8,13,20H,3,5,7H2,1H3,(H,21,24)/t8?,13-/m1/s1. The Kier molecular flexibility index (Phi) is 4.21. The molecule has 5 nitrogen and oxygen atoms in total. The van der Waals surface area contributed by atoms with Crippen LogP contribution in [0.25, 0.3) is 0 Å². The molecule has 0 bridgehead atoms. The number of rotatable bonds is 3. The highest BCUT2D eigenvalue weighted by molar-refractivity contribution is 5.47. The van der Waals surface area contributed by atoms with Crippen LogP contribution in [0.2, 0.25) is 0 Å². The molecular formula is C16H16F3N3O2. The summed E-state index contributed by atoms with van der Waals surface area (Å²) in [6.45, 7) is 0.955. The maximum atomic E-state index is 13.4. The summed E-state index contributed by atoms with van der Waals surface area (Å²) < 4.78 is 40.4. The van der Waals surface area contributed by atoms with Gasteiger partial charge in [-0.15, -0.1) is 0 Å². The number of anilines is 1. The lowest BCUT2D eigenvalue weighted by molar-refractivity contribution is 0.312. The summed E-state index contributed by atoms with van der Waals surface area (Å²) in [5.41, 5.74) is -0.368. The van der Waals surface area contributed by atoms with Crippen molar-refractivity contribution in [1.29, 1.82) is 0 Å². The number of halogens is 3. The molecule has 0 radical (unpaired) electrons.